The summed E-state index contributed by atoms with van der Waals surface area (Å²) in [5.41, 5.74) is 5.21. The van der Waals surface area contributed by atoms with Gasteiger partial charge in [-0.2, -0.15) is 0 Å². The molecule has 0 aliphatic carbocycles. The lowest BCUT2D eigenvalue weighted by Crippen LogP contribution is -2.03. The second-order valence-corrected chi connectivity index (χ2v) is 1.91. The predicted octanol–water partition coefficient (Wildman–Crippen LogP) is 0.310. The van der Waals surface area contributed by atoms with Crippen molar-refractivity contribution < 1.29 is 5.11 Å². The summed E-state index contributed by atoms with van der Waals surface area (Å²) in [5, 5.41) is 8.68. The summed E-state index contributed by atoms with van der Waals surface area (Å²) in [4.78, 5) is 0. The van der Waals surface area contributed by atoms with Crippen molar-refractivity contribution in [3.63, 3.8) is 0 Å². The number of unbranched alkanes of at least 4 members (excludes halogenated alkanes) is 1. The first-order valence-corrected chi connectivity index (χ1v) is 2.99. The van der Waals surface area contributed by atoms with Gasteiger partial charge in [0.25, 0.3) is 0 Å². The summed E-state index contributed by atoms with van der Waals surface area (Å²) in [7, 11) is 0. The number of nitrogens with two attached hydrogens (primary N) is 1. The third-order valence-electron chi connectivity index (χ3n) is 0.916. The van der Waals surface area contributed by atoms with E-state index in [1.54, 1.807) is 6.92 Å². The lowest BCUT2D eigenvalue weighted by molar-refractivity contribution is 0.223. The van der Waals surface area contributed by atoms with Crippen LogP contribution in [0.25, 0.3) is 0 Å². The van der Waals surface area contributed by atoms with Crippen molar-refractivity contribution in [2.75, 3.05) is 6.54 Å². The Morgan fingerprint density at radius 1 is 1.75 bits per heavy atom. The third kappa shape index (κ3) is 5.92. The van der Waals surface area contributed by atoms with Crippen LogP contribution in [0.15, 0.2) is 0 Å². The molecule has 0 aliphatic heterocycles. The van der Waals surface area contributed by atoms with Crippen molar-refractivity contribution in [1.82, 2.24) is 0 Å². The van der Waals surface area contributed by atoms with Gasteiger partial charge in [0.05, 0.1) is 6.10 Å². The molecule has 1 unspecified atom stereocenters. The van der Waals surface area contributed by atoms with Crippen LogP contribution in [0.2, 0.25) is 0 Å². The zero-order valence-corrected chi connectivity index (χ0v) is 5.30. The molecule has 0 spiro atoms. The highest BCUT2D eigenvalue weighted by Gasteiger charge is 1.92. The van der Waals surface area contributed by atoms with Crippen LogP contribution in [0, 0.1) is 6.42 Å². The Morgan fingerprint density at radius 3 is 2.75 bits per heavy atom. The number of aliphatic hydroxyl groups is 1. The van der Waals surface area contributed by atoms with E-state index in [1.807, 2.05) is 6.42 Å². The minimum atomic E-state index is -0.276. The molecule has 8 heavy (non-hydrogen) atoms. The summed E-state index contributed by atoms with van der Waals surface area (Å²) in [5.74, 6) is 0. The van der Waals surface area contributed by atoms with Crippen molar-refractivity contribution in [3.8, 4) is 0 Å². The molecule has 0 fully saturated rings. The highest BCUT2D eigenvalue weighted by atomic mass is 16.3. The lowest BCUT2D eigenvalue weighted by atomic mass is 10.2. The SMILES string of the molecule is CC(O)[CH]CCCN. The largest absolute Gasteiger partial charge is 0.393 e. The van der Waals surface area contributed by atoms with Crippen LogP contribution in [-0.4, -0.2) is 17.8 Å². The second-order valence-electron chi connectivity index (χ2n) is 1.91. The first-order valence-electron chi connectivity index (χ1n) is 2.99. The number of aliphatic hydroxyl groups excluding tert-OH is 1. The molecule has 0 heterocycles. The Hall–Kier alpha value is -0.0800. The Labute approximate surface area is 50.7 Å². The molecular formula is C6H14NO. The van der Waals surface area contributed by atoms with E-state index < -0.39 is 0 Å². The van der Waals surface area contributed by atoms with Crippen LogP contribution in [-0.2, 0) is 0 Å². The van der Waals surface area contributed by atoms with Gasteiger partial charge < -0.3 is 10.8 Å². The van der Waals surface area contributed by atoms with Crippen LogP contribution in [0.4, 0.5) is 0 Å². The van der Waals surface area contributed by atoms with Crippen LogP contribution in [0.3, 0.4) is 0 Å². The van der Waals surface area contributed by atoms with Crippen LogP contribution in [0.1, 0.15) is 19.8 Å². The van der Waals surface area contributed by atoms with Gasteiger partial charge in [-0.05, 0) is 32.7 Å². The van der Waals surface area contributed by atoms with Gasteiger partial charge in [0, 0.05) is 0 Å². The zero-order chi connectivity index (χ0) is 6.41. The molecular weight excluding hydrogens is 102 g/mol. The Kier molecular flexibility index (Phi) is 5.01. The number of hydrogen-bond donors (Lipinski definition) is 2. The number of rotatable bonds is 4. The van der Waals surface area contributed by atoms with Crippen molar-refractivity contribution in [2.24, 2.45) is 5.73 Å². The molecule has 0 rings (SSSR count). The molecule has 2 heteroatoms. The summed E-state index contributed by atoms with van der Waals surface area (Å²) >= 11 is 0. The quantitative estimate of drug-likeness (QED) is 0.519. The van der Waals surface area contributed by atoms with Gasteiger partial charge in [0.15, 0.2) is 0 Å². The molecule has 0 aromatic rings. The average molecular weight is 116 g/mol. The fourth-order valence-corrected chi connectivity index (χ4v) is 0.477. The molecule has 0 saturated heterocycles. The van der Waals surface area contributed by atoms with E-state index in [-0.39, 0.29) is 6.10 Å². The smallest absolute Gasteiger partial charge is 0.0543 e. The third-order valence-corrected chi connectivity index (χ3v) is 0.916. The fourth-order valence-electron chi connectivity index (χ4n) is 0.477. The molecule has 0 saturated carbocycles. The minimum absolute atomic E-state index is 0.276. The Balaban J connectivity index is 2.72. The molecule has 1 atom stereocenters. The van der Waals surface area contributed by atoms with E-state index in [9.17, 15) is 0 Å². The molecule has 49 valence electrons. The average Bonchev–Trinajstić information content (AvgIpc) is 1.66. The van der Waals surface area contributed by atoms with Crippen LogP contribution in [0.5, 0.6) is 0 Å². The van der Waals surface area contributed by atoms with Crippen LogP contribution < -0.4 is 5.73 Å². The van der Waals surface area contributed by atoms with Crippen molar-refractivity contribution >= 4 is 0 Å². The maximum atomic E-state index is 8.68. The highest BCUT2D eigenvalue weighted by Crippen LogP contribution is 1.95. The van der Waals surface area contributed by atoms with Crippen molar-refractivity contribution in [1.29, 1.82) is 0 Å². The van der Waals surface area contributed by atoms with Gasteiger partial charge in [-0.3, -0.25) is 0 Å². The second kappa shape index (κ2) is 5.06. The molecule has 0 aromatic heterocycles. The molecule has 0 amide bonds. The normalized spacial score (nSPS) is 13.9. The standard InChI is InChI=1S/C6H14NO/c1-6(8)4-2-3-5-7/h4,6,8H,2-3,5,7H2,1H3. The van der Waals surface area contributed by atoms with Gasteiger partial charge >= 0.3 is 0 Å². The zero-order valence-electron chi connectivity index (χ0n) is 5.30. The maximum absolute atomic E-state index is 8.68. The molecule has 1 radical (unpaired) electrons. The van der Waals surface area contributed by atoms with E-state index in [0.29, 0.717) is 6.54 Å². The van der Waals surface area contributed by atoms with E-state index in [0.717, 1.165) is 12.8 Å². The van der Waals surface area contributed by atoms with E-state index in [1.165, 1.54) is 0 Å². The summed E-state index contributed by atoms with van der Waals surface area (Å²) in [6.07, 6.45) is 3.48. The minimum Gasteiger partial charge on any atom is -0.393 e. The van der Waals surface area contributed by atoms with Gasteiger partial charge in [-0.1, -0.05) is 0 Å². The van der Waals surface area contributed by atoms with E-state index in [4.69, 9.17) is 10.8 Å². The van der Waals surface area contributed by atoms with E-state index in [2.05, 4.69) is 0 Å². The van der Waals surface area contributed by atoms with Crippen LogP contribution >= 0.6 is 0 Å². The van der Waals surface area contributed by atoms with Gasteiger partial charge in [-0.15, -0.1) is 0 Å². The molecule has 2 nitrogen and oxygen atoms in total. The predicted molar refractivity (Wildman–Crippen MR) is 34.3 cm³/mol. The maximum Gasteiger partial charge on any atom is 0.0543 e. The molecule has 0 aromatic carbocycles. The monoisotopic (exact) mass is 116 g/mol. The van der Waals surface area contributed by atoms with Gasteiger partial charge in [-0.25, -0.2) is 0 Å². The number of hydrogen-bond acceptors (Lipinski definition) is 2. The van der Waals surface area contributed by atoms with Crippen molar-refractivity contribution in [3.05, 3.63) is 6.42 Å². The topological polar surface area (TPSA) is 46.2 Å². The van der Waals surface area contributed by atoms with Crippen molar-refractivity contribution in [2.45, 2.75) is 25.9 Å². The molecule has 0 bridgehead atoms. The summed E-state index contributed by atoms with van der Waals surface area (Å²) < 4.78 is 0. The highest BCUT2D eigenvalue weighted by molar-refractivity contribution is 4.70. The summed E-state index contributed by atoms with van der Waals surface area (Å²) in [6, 6.07) is 0. The van der Waals surface area contributed by atoms with Gasteiger partial charge in [0.1, 0.15) is 0 Å². The fraction of sp³-hybridized carbons (Fsp3) is 0.833. The summed E-state index contributed by atoms with van der Waals surface area (Å²) in [6.45, 7) is 2.46. The Bertz CT molecular complexity index is 45.8. The molecule has 3 N–H and O–H groups in total. The first kappa shape index (κ1) is 7.92. The van der Waals surface area contributed by atoms with Gasteiger partial charge in [0.2, 0.25) is 0 Å². The van der Waals surface area contributed by atoms with E-state index >= 15 is 0 Å². The first-order chi connectivity index (χ1) is 3.77. The lowest BCUT2D eigenvalue weighted by Gasteiger charge is -1.99. The Morgan fingerprint density at radius 2 is 2.38 bits per heavy atom. The molecule has 0 aliphatic rings.